The molecule has 4 atom stereocenters. The van der Waals surface area contributed by atoms with E-state index in [1.54, 1.807) is 6.34 Å². The van der Waals surface area contributed by atoms with Crippen LogP contribution >= 0.6 is 8.38 Å². The first-order valence-corrected chi connectivity index (χ1v) is 11.7. The number of ether oxygens (including phenoxy) is 1. The fourth-order valence-corrected chi connectivity index (χ4v) is 4.19. The van der Waals surface area contributed by atoms with Gasteiger partial charge in [0.1, 0.15) is 18.4 Å². The lowest BCUT2D eigenvalue weighted by molar-refractivity contribution is -0.0146. The van der Waals surface area contributed by atoms with E-state index in [9.17, 15) is 0 Å². The molecule has 1 fully saturated rings. The lowest BCUT2D eigenvalue weighted by atomic mass is 10.1. The Bertz CT molecular complexity index is 902. The number of rotatable bonds is 9. The first-order chi connectivity index (χ1) is 14.4. The van der Waals surface area contributed by atoms with Gasteiger partial charge in [0.25, 0.3) is 0 Å². The SMILES string of the molecule is CCN=COP(C)OC1CC(n2c(C)nc3c(/N=C\N(C)C)ncnc32)OC1CC. The smallest absolute Gasteiger partial charge is 0.228 e. The van der Waals surface area contributed by atoms with Crippen LogP contribution in [-0.4, -0.2) is 76.7 Å². The van der Waals surface area contributed by atoms with Gasteiger partial charge in [0, 0.05) is 33.7 Å². The van der Waals surface area contributed by atoms with Gasteiger partial charge in [0.05, 0.1) is 18.5 Å². The molecular weight excluding hydrogens is 405 g/mol. The van der Waals surface area contributed by atoms with Crippen molar-refractivity contribution in [3.8, 4) is 0 Å². The van der Waals surface area contributed by atoms with Crippen LogP contribution in [0.15, 0.2) is 16.3 Å². The number of aliphatic imine (C=N–C) groups is 2. The van der Waals surface area contributed by atoms with Crippen LogP contribution < -0.4 is 0 Å². The summed E-state index contributed by atoms with van der Waals surface area (Å²) in [5.74, 6) is 1.34. The maximum atomic E-state index is 6.33. The lowest BCUT2D eigenvalue weighted by Crippen LogP contribution is -2.22. The summed E-state index contributed by atoms with van der Waals surface area (Å²) in [5.41, 5.74) is 1.37. The number of nitrogens with zero attached hydrogens (tertiary/aromatic N) is 7. The summed E-state index contributed by atoms with van der Waals surface area (Å²) in [7, 11) is 2.74. The Morgan fingerprint density at radius 1 is 1.37 bits per heavy atom. The van der Waals surface area contributed by atoms with Gasteiger partial charge in [-0.1, -0.05) is 6.92 Å². The summed E-state index contributed by atoms with van der Waals surface area (Å²) in [5, 5.41) is 0. The maximum absolute atomic E-state index is 6.33. The number of aryl methyl sites for hydroxylation is 1. The zero-order valence-corrected chi connectivity index (χ0v) is 19.3. The van der Waals surface area contributed by atoms with Gasteiger partial charge in [-0.25, -0.2) is 19.9 Å². The summed E-state index contributed by atoms with van der Waals surface area (Å²) in [6, 6.07) is 0. The van der Waals surface area contributed by atoms with Crippen molar-refractivity contribution in [2.45, 2.75) is 52.0 Å². The summed E-state index contributed by atoms with van der Waals surface area (Å²) in [4.78, 5) is 23.8. The molecule has 3 rings (SSSR count). The molecule has 0 saturated carbocycles. The van der Waals surface area contributed by atoms with Gasteiger partial charge in [-0.05, 0) is 20.3 Å². The van der Waals surface area contributed by atoms with Gasteiger partial charge < -0.3 is 18.7 Å². The summed E-state index contributed by atoms with van der Waals surface area (Å²) in [6.07, 6.45) is 5.88. The third kappa shape index (κ3) is 5.11. The van der Waals surface area contributed by atoms with E-state index in [1.807, 2.05) is 44.1 Å². The Hall–Kier alpha value is -2.16. The van der Waals surface area contributed by atoms with E-state index >= 15 is 0 Å². The van der Waals surface area contributed by atoms with E-state index in [1.165, 1.54) is 12.7 Å². The normalized spacial score (nSPS) is 23.1. The third-order valence-electron chi connectivity index (χ3n) is 4.65. The Balaban J connectivity index is 1.83. The Morgan fingerprint density at radius 2 is 2.17 bits per heavy atom. The molecule has 10 nitrogen and oxygen atoms in total. The first kappa shape index (κ1) is 22.5. The minimum atomic E-state index is -1.07. The standard InChI is InChI=1S/C19H30N7O3P/c1-7-14-15(29-30(6)27-12-20-8-2)9-16(28-14)26-13(3)24-17-18(23-11-25(4)5)21-10-22-19(17)26/h10-12,14-16H,7-9H2,1-6H3/b20-12?,23-11-. The fourth-order valence-electron chi connectivity index (χ4n) is 3.34. The van der Waals surface area contributed by atoms with Crippen LogP contribution in [0, 0.1) is 6.92 Å². The lowest BCUT2D eigenvalue weighted by Gasteiger charge is -2.19. The zero-order chi connectivity index (χ0) is 21.7. The van der Waals surface area contributed by atoms with Crippen molar-refractivity contribution in [1.82, 2.24) is 24.4 Å². The van der Waals surface area contributed by atoms with Crippen molar-refractivity contribution in [2.24, 2.45) is 9.98 Å². The van der Waals surface area contributed by atoms with Crippen molar-refractivity contribution in [2.75, 3.05) is 27.3 Å². The van der Waals surface area contributed by atoms with Gasteiger partial charge >= 0.3 is 0 Å². The summed E-state index contributed by atoms with van der Waals surface area (Å²) in [6.45, 7) is 8.61. The Kier molecular flexibility index (Phi) is 7.69. The average Bonchev–Trinajstić information content (AvgIpc) is 3.25. The first-order valence-electron chi connectivity index (χ1n) is 10.1. The Labute approximate surface area is 178 Å². The van der Waals surface area contributed by atoms with Crippen molar-refractivity contribution in [3.63, 3.8) is 0 Å². The van der Waals surface area contributed by atoms with Crippen LogP contribution in [0.3, 0.4) is 0 Å². The van der Waals surface area contributed by atoms with Crippen LogP contribution in [0.25, 0.3) is 11.2 Å². The minimum Gasteiger partial charge on any atom is -0.437 e. The fraction of sp³-hybridized carbons (Fsp3) is 0.632. The number of hydrogen-bond donors (Lipinski definition) is 0. The second kappa shape index (κ2) is 10.2. The third-order valence-corrected chi connectivity index (χ3v) is 5.61. The molecule has 2 aromatic rings. The van der Waals surface area contributed by atoms with Crippen molar-refractivity contribution in [1.29, 1.82) is 0 Å². The molecule has 2 aromatic heterocycles. The van der Waals surface area contributed by atoms with Gasteiger partial charge in [-0.3, -0.25) is 9.56 Å². The van der Waals surface area contributed by atoms with Gasteiger partial charge in [-0.15, -0.1) is 0 Å². The average molecular weight is 435 g/mol. The van der Waals surface area contributed by atoms with Gasteiger partial charge in [0.15, 0.2) is 23.4 Å². The van der Waals surface area contributed by atoms with Crippen LogP contribution in [-0.2, 0) is 13.8 Å². The number of aromatic nitrogens is 4. The second-order valence-corrected chi connectivity index (χ2v) is 8.47. The van der Waals surface area contributed by atoms with Crippen molar-refractivity contribution in [3.05, 3.63) is 12.2 Å². The number of fused-ring (bicyclic) bond motifs is 1. The van der Waals surface area contributed by atoms with E-state index in [4.69, 9.17) is 13.8 Å². The molecule has 0 bridgehead atoms. The van der Waals surface area contributed by atoms with E-state index < -0.39 is 8.38 Å². The van der Waals surface area contributed by atoms with Crippen molar-refractivity contribution >= 4 is 38.1 Å². The molecule has 0 aromatic carbocycles. The molecule has 0 amide bonds. The summed E-state index contributed by atoms with van der Waals surface area (Å²) >= 11 is 0. The minimum absolute atomic E-state index is 0.0309. The Morgan fingerprint density at radius 3 is 2.87 bits per heavy atom. The number of hydrogen-bond acceptors (Lipinski definition) is 8. The predicted octanol–water partition coefficient (Wildman–Crippen LogP) is 3.45. The van der Waals surface area contributed by atoms with E-state index in [0.29, 0.717) is 29.9 Å². The second-order valence-electron chi connectivity index (χ2n) is 7.17. The molecule has 30 heavy (non-hydrogen) atoms. The molecule has 1 aliphatic heterocycles. The van der Waals surface area contributed by atoms with Crippen LogP contribution in [0.1, 0.15) is 38.7 Å². The monoisotopic (exact) mass is 435 g/mol. The molecule has 1 aliphatic rings. The van der Waals surface area contributed by atoms with Crippen LogP contribution in [0.2, 0.25) is 0 Å². The maximum Gasteiger partial charge on any atom is 0.228 e. The largest absolute Gasteiger partial charge is 0.437 e. The molecule has 3 heterocycles. The van der Waals surface area contributed by atoms with Crippen LogP contribution in [0.5, 0.6) is 0 Å². The van der Waals surface area contributed by atoms with E-state index in [-0.39, 0.29) is 18.4 Å². The molecule has 0 radical (unpaired) electrons. The van der Waals surface area contributed by atoms with Crippen molar-refractivity contribution < 1.29 is 13.8 Å². The molecule has 11 heteroatoms. The highest BCUT2D eigenvalue weighted by Crippen LogP contribution is 2.43. The van der Waals surface area contributed by atoms with Gasteiger partial charge in [0.2, 0.25) is 8.38 Å². The molecule has 4 unspecified atom stereocenters. The van der Waals surface area contributed by atoms with Gasteiger partial charge in [-0.2, -0.15) is 0 Å². The molecule has 0 N–H and O–H groups in total. The topological polar surface area (TPSA) is 99.2 Å². The molecule has 1 saturated heterocycles. The van der Waals surface area contributed by atoms with E-state index in [2.05, 4.69) is 31.9 Å². The highest BCUT2D eigenvalue weighted by atomic mass is 31.2. The van der Waals surface area contributed by atoms with E-state index in [0.717, 1.165) is 12.2 Å². The number of imidazole rings is 1. The quantitative estimate of drug-likeness (QED) is 0.338. The molecular formula is C19H30N7O3P. The zero-order valence-electron chi connectivity index (χ0n) is 18.4. The highest BCUT2D eigenvalue weighted by Gasteiger charge is 2.39. The summed E-state index contributed by atoms with van der Waals surface area (Å²) < 4.78 is 20.1. The molecule has 0 spiro atoms. The highest BCUT2D eigenvalue weighted by molar-refractivity contribution is 7.46. The predicted molar refractivity (Wildman–Crippen MR) is 119 cm³/mol. The molecule has 0 aliphatic carbocycles. The molecule has 164 valence electrons. The van der Waals surface area contributed by atoms with Crippen LogP contribution in [0.4, 0.5) is 5.82 Å².